The number of para-hydroxylation sites is 5. The molecule has 8 aromatic rings. The van der Waals surface area contributed by atoms with Crippen molar-refractivity contribution in [2.75, 3.05) is 9.80 Å². The highest BCUT2D eigenvalue weighted by molar-refractivity contribution is 5.95. The maximum absolute atomic E-state index is 11.9. The highest BCUT2D eigenvalue weighted by atomic mass is 16.7. The predicted octanol–water partition coefficient (Wildman–Crippen LogP) is 16.1. The number of nitro benzene ring substituents is 6. The lowest BCUT2D eigenvalue weighted by atomic mass is 9.87. The van der Waals surface area contributed by atoms with E-state index >= 15 is 0 Å². The summed E-state index contributed by atoms with van der Waals surface area (Å²) >= 11 is 0. The summed E-state index contributed by atoms with van der Waals surface area (Å²) in [5.74, 6) is -1.50. The third-order valence-corrected chi connectivity index (χ3v) is 12.4. The number of ether oxygens (including phenoxy) is 2. The van der Waals surface area contributed by atoms with Crippen LogP contribution in [0.5, 0.6) is 23.0 Å². The van der Waals surface area contributed by atoms with Crippen molar-refractivity contribution in [3.8, 4) is 23.0 Å². The van der Waals surface area contributed by atoms with Gasteiger partial charge in [-0.15, -0.1) is 0 Å². The molecule has 0 radical (unpaired) electrons. The molecule has 0 atom stereocenters. The van der Waals surface area contributed by atoms with Crippen LogP contribution in [0.15, 0.2) is 176 Å². The van der Waals surface area contributed by atoms with E-state index < -0.39 is 75.2 Å². The highest BCUT2D eigenvalue weighted by Gasteiger charge is 2.36. The third-order valence-electron chi connectivity index (χ3n) is 12.4. The SMILES string of the molecule is CC(=O)c1ccc(N(c2ccc(C(C)(C)C)cc2)c2ccccc2Oc2c([N+](=O)[O-])cc([N+](=O)[O-])cc2[N+](=O)[O-])cc1.CC(C)(C)c1ccc(N(c2ccccc2)c2ccccc2Oc2c([N+](=O)[O-])cc([N+](=O)[O-])cc2[N+](=O)[O-])cc1. The predicted molar refractivity (Wildman–Crippen MR) is 303 cm³/mol. The minimum absolute atomic E-state index is 0.00750. The Hall–Kier alpha value is -11.0. The minimum Gasteiger partial charge on any atom is -0.442 e. The van der Waals surface area contributed by atoms with E-state index in [4.69, 9.17) is 9.47 Å². The summed E-state index contributed by atoms with van der Waals surface area (Å²) in [5.41, 5.74) is 0.757. The molecule has 0 aliphatic carbocycles. The van der Waals surface area contributed by atoms with E-state index in [-0.39, 0.29) is 28.1 Å². The molecule has 0 aromatic heterocycles. The Balaban J connectivity index is 0.000000234. The molecule has 0 aliphatic heterocycles. The molecule has 0 saturated heterocycles. The number of nitrogens with zero attached hydrogens (tertiary/aromatic N) is 8. The monoisotopic (exact) mass is 1100 g/mol. The van der Waals surface area contributed by atoms with Gasteiger partial charge in [-0.2, -0.15) is 0 Å². The lowest BCUT2D eigenvalue weighted by Gasteiger charge is -2.28. The van der Waals surface area contributed by atoms with Crippen LogP contribution in [0.1, 0.15) is 70.0 Å². The number of ketones is 1. The van der Waals surface area contributed by atoms with Crippen LogP contribution in [0.25, 0.3) is 0 Å². The van der Waals surface area contributed by atoms with Crippen LogP contribution in [-0.4, -0.2) is 35.3 Å². The van der Waals surface area contributed by atoms with Crippen LogP contribution in [0.4, 0.5) is 68.2 Å². The second kappa shape index (κ2) is 23.7. The van der Waals surface area contributed by atoms with Gasteiger partial charge in [0.15, 0.2) is 17.3 Å². The van der Waals surface area contributed by atoms with Crippen LogP contribution in [-0.2, 0) is 10.8 Å². The van der Waals surface area contributed by atoms with Gasteiger partial charge in [0.2, 0.25) is 0 Å². The Morgan fingerprint density at radius 2 is 0.667 bits per heavy atom. The minimum atomic E-state index is -0.971. The Kier molecular flexibility index (Phi) is 16.9. The zero-order valence-electron chi connectivity index (χ0n) is 44.4. The molecule has 0 fully saturated rings. The quantitative estimate of drug-likeness (QED) is 0.0465. The number of Topliss-reactive ketones (excluding diaryl/α,β-unsaturated/α-hetero) is 1. The van der Waals surface area contributed by atoms with Crippen LogP contribution >= 0.6 is 0 Å². The molecule has 8 rings (SSSR count). The molecular formula is C58H50N8O15. The maximum atomic E-state index is 11.9. The number of rotatable bonds is 17. The molecule has 81 heavy (non-hydrogen) atoms. The molecule has 0 amide bonds. The molecule has 23 nitrogen and oxygen atoms in total. The number of nitro groups is 6. The highest BCUT2D eigenvalue weighted by Crippen LogP contribution is 2.50. The average molecular weight is 1100 g/mol. The van der Waals surface area contributed by atoms with Crippen molar-refractivity contribution in [2.45, 2.75) is 59.3 Å². The van der Waals surface area contributed by atoms with Crippen molar-refractivity contribution in [2.24, 2.45) is 0 Å². The van der Waals surface area contributed by atoms with E-state index in [1.165, 1.54) is 19.1 Å². The van der Waals surface area contributed by atoms with Gasteiger partial charge in [-0.3, -0.25) is 65.5 Å². The number of hydrogen-bond donors (Lipinski definition) is 0. The van der Waals surface area contributed by atoms with Crippen LogP contribution in [0.3, 0.4) is 0 Å². The van der Waals surface area contributed by atoms with Crippen molar-refractivity contribution in [1.29, 1.82) is 0 Å². The molecule has 0 N–H and O–H groups in total. The van der Waals surface area contributed by atoms with Gasteiger partial charge in [0, 0.05) is 28.3 Å². The van der Waals surface area contributed by atoms with Crippen LogP contribution in [0, 0.1) is 60.7 Å². The van der Waals surface area contributed by atoms with Gasteiger partial charge < -0.3 is 19.3 Å². The average Bonchev–Trinajstić information content (AvgIpc) is 3.63. The maximum Gasteiger partial charge on any atom is 0.325 e. The first-order chi connectivity index (χ1) is 38.2. The number of anilines is 6. The molecule has 0 saturated carbocycles. The first kappa shape index (κ1) is 57.7. The lowest BCUT2D eigenvalue weighted by Crippen LogP contribution is -2.14. The van der Waals surface area contributed by atoms with Crippen molar-refractivity contribution in [3.63, 3.8) is 0 Å². The van der Waals surface area contributed by atoms with Gasteiger partial charge in [-0.1, -0.05) is 108 Å². The molecule has 0 spiro atoms. The summed E-state index contributed by atoms with van der Waals surface area (Å²) < 4.78 is 11.8. The topological polar surface area (TPSA) is 301 Å². The third kappa shape index (κ3) is 13.2. The molecule has 0 bridgehead atoms. The zero-order valence-corrected chi connectivity index (χ0v) is 44.4. The van der Waals surface area contributed by atoms with E-state index in [1.807, 2.05) is 83.8 Å². The second-order valence-corrected chi connectivity index (χ2v) is 20.0. The Bertz CT molecular complexity index is 3660. The van der Waals surface area contributed by atoms with E-state index in [0.29, 0.717) is 52.6 Å². The van der Waals surface area contributed by atoms with E-state index in [9.17, 15) is 65.5 Å². The summed E-state index contributed by atoms with van der Waals surface area (Å²) in [6.07, 6.45) is 0. The molecular weight excluding hydrogens is 1050 g/mol. The first-order valence-corrected chi connectivity index (χ1v) is 24.5. The standard InChI is InChI=1S/C30H26N4O8.C28H24N4O7/c1-19(35)20-9-13-22(14-10-20)31(23-15-11-21(12-16-23)30(2,3)4)25-7-5-6-8-28(25)42-29-26(33(38)39)17-24(32(36)37)18-27(29)34(40)41;1-28(2,3)19-13-15-21(16-14-19)29(20-9-5-4-6-10-20)23-11-7-8-12-26(23)39-27-24(31(35)36)17-22(30(33)34)18-25(27)32(37)38/h5-18H,1-4H3;4-18H,1-3H3. The normalized spacial score (nSPS) is 11.0. The molecule has 8 aromatic carbocycles. The summed E-state index contributed by atoms with van der Waals surface area (Å²) in [6, 6.07) is 47.1. The number of benzene rings is 8. The van der Waals surface area contributed by atoms with Crippen molar-refractivity contribution < 1.29 is 43.8 Å². The van der Waals surface area contributed by atoms with Crippen molar-refractivity contribution >= 4 is 74.0 Å². The zero-order chi connectivity index (χ0) is 59.1. The summed E-state index contributed by atoms with van der Waals surface area (Å²) in [5, 5.41) is 69.9. The number of hydrogen-bond acceptors (Lipinski definition) is 17. The van der Waals surface area contributed by atoms with Gasteiger partial charge >= 0.3 is 22.7 Å². The van der Waals surface area contributed by atoms with Crippen molar-refractivity contribution in [1.82, 2.24) is 0 Å². The smallest absolute Gasteiger partial charge is 0.325 e. The van der Waals surface area contributed by atoms with E-state index in [1.54, 1.807) is 65.6 Å². The fraction of sp³-hybridized carbons (Fsp3) is 0.155. The number of carbonyl (C=O) groups is 1. The second-order valence-electron chi connectivity index (χ2n) is 20.0. The number of carbonyl (C=O) groups excluding carboxylic acids is 1. The first-order valence-electron chi connectivity index (χ1n) is 24.5. The number of non-ortho nitro benzene ring substituents is 2. The Labute approximate surface area is 461 Å². The van der Waals surface area contributed by atoms with Gasteiger partial charge in [-0.25, -0.2) is 0 Å². The van der Waals surface area contributed by atoms with Crippen LogP contribution in [0.2, 0.25) is 0 Å². The summed E-state index contributed by atoms with van der Waals surface area (Å²) in [4.78, 5) is 79.8. The van der Waals surface area contributed by atoms with E-state index in [2.05, 4.69) is 41.5 Å². The van der Waals surface area contributed by atoms with Gasteiger partial charge in [-0.05, 0) is 114 Å². The largest absolute Gasteiger partial charge is 0.442 e. The van der Waals surface area contributed by atoms with Crippen LogP contribution < -0.4 is 19.3 Å². The summed E-state index contributed by atoms with van der Waals surface area (Å²) in [6.45, 7) is 14.0. The van der Waals surface area contributed by atoms with Gasteiger partial charge in [0.1, 0.15) is 0 Å². The van der Waals surface area contributed by atoms with Gasteiger partial charge in [0.25, 0.3) is 22.9 Å². The fourth-order valence-corrected chi connectivity index (χ4v) is 8.30. The molecule has 0 unspecified atom stereocenters. The van der Waals surface area contributed by atoms with Crippen molar-refractivity contribution in [3.05, 3.63) is 253 Å². The van der Waals surface area contributed by atoms with E-state index in [0.717, 1.165) is 22.5 Å². The summed E-state index contributed by atoms with van der Waals surface area (Å²) in [7, 11) is 0. The molecule has 412 valence electrons. The van der Waals surface area contributed by atoms with Gasteiger partial charge in [0.05, 0.1) is 65.2 Å². The molecule has 0 heterocycles. The Morgan fingerprint density at radius 1 is 0.383 bits per heavy atom. The Morgan fingerprint density at radius 3 is 0.951 bits per heavy atom. The fourth-order valence-electron chi connectivity index (χ4n) is 8.30. The molecule has 0 aliphatic rings. The lowest BCUT2D eigenvalue weighted by molar-refractivity contribution is -0.404. The molecule has 23 heteroatoms.